The Balaban J connectivity index is 1.62. The van der Waals surface area contributed by atoms with E-state index >= 15 is 0 Å². The van der Waals surface area contributed by atoms with E-state index in [-0.39, 0.29) is 17.5 Å². The number of rotatable bonds is 4. The molecular formula is C17H22O3. The van der Waals surface area contributed by atoms with Gasteiger partial charge >= 0.3 is 5.97 Å². The molecule has 0 radical (unpaired) electrons. The van der Waals surface area contributed by atoms with Gasteiger partial charge in [0.2, 0.25) is 0 Å². The van der Waals surface area contributed by atoms with E-state index in [1.807, 2.05) is 30.3 Å². The SMILES string of the molecule is O=C(OCc1ccccc1)C1(C2CCCCO2)CCC1. The smallest absolute Gasteiger partial charge is 0.315 e. The molecule has 0 amide bonds. The van der Waals surface area contributed by atoms with Gasteiger partial charge < -0.3 is 9.47 Å². The molecule has 1 unspecified atom stereocenters. The van der Waals surface area contributed by atoms with Gasteiger partial charge in [0, 0.05) is 6.61 Å². The van der Waals surface area contributed by atoms with Crippen LogP contribution in [0, 0.1) is 5.41 Å². The second-order valence-electron chi connectivity index (χ2n) is 5.93. The first-order valence-electron chi connectivity index (χ1n) is 7.64. The van der Waals surface area contributed by atoms with Gasteiger partial charge in [0.05, 0.1) is 11.5 Å². The summed E-state index contributed by atoms with van der Waals surface area (Å²) in [6.45, 7) is 1.16. The molecule has 1 aromatic carbocycles. The van der Waals surface area contributed by atoms with Crippen molar-refractivity contribution in [1.29, 1.82) is 0 Å². The van der Waals surface area contributed by atoms with Crippen LogP contribution in [0.4, 0.5) is 0 Å². The third kappa shape index (κ3) is 2.59. The molecule has 1 heterocycles. The molecule has 1 atom stereocenters. The van der Waals surface area contributed by atoms with Crippen LogP contribution in [-0.4, -0.2) is 18.7 Å². The summed E-state index contributed by atoms with van der Waals surface area (Å²) in [5, 5.41) is 0. The zero-order valence-corrected chi connectivity index (χ0v) is 11.8. The molecule has 3 nitrogen and oxygen atoms in total. The molecule has 3 rings (SSSR count). The van der Waals surface area contributed by atoms with Crippen molar-refractivity contribution in [2.75, 3.05) is 6.61 Å². The molecule has 108 valence electrons. The van der Waals surface area contributed by atoms with E-state index in [1.165, 1.54) is 6.42 Å². The lowest BCUT2D eigenvalue weighted by Gasteiger charge is -2.46. The highest BCUT2D eigenvalue weighted by molar-refractivity contribution is 5.78. The summed E-state index contributed by atoms with van der Waals surface area (Å²) in [7, 11) is 0. The number of carbonyl (C=O) groups is 1. The number of carbonyl (C=O) groups excluding carboxylic acids is 1. The van der Waals surface area contributed by atoms with Crippen LogP contribution in [0.2, 0.25) is 0 Å². The fraction of sp³-hybridized carbons (Fsp3) is 0.588. The minimum Gasteiger partial charge on any atom is -0.460 e. The Hall–Kier alpha value is -1.35. The van der Waals surface area contributed by atoms with E-state index in [4.69, 9.17) is 9.47 Å². The molecule has 1 saturated carbocycles. The molecule has 3 heteroatoms. The summed E-state index contributed by atoms with van der Waals surface area (Å²) in [5.41, 5.74) is 0.690. The normalized spacial score (nSPS) is 24.7. The van der Waals surface area contributed by atoms with Crippen LogP contribution >= 0.6 is 0 Å². The van der Waals surface area contributed by atoms with Crippen LogP contribution in [0.25, 0.3) is 0 Å². The zero-order valence-electron chi connectivity index (χ0n) is 11.8. The van der Waals surface area contributed by atoms with Gasteiger partial charge in [-0.05, 0) is 37.7 Å². The van der Waals surface area contributed by atoms with Crippen LogP contribution in [0.1, 0.15) is 44.1 Å². The van der Waals surface area contributed by atoms with E-state index in [2.05, 4.69) is 0 Å². The van der Waals surface area contributed by atoms with Crippen molar-refractivity contribution >= 4 is 5.97 Å². The molecular weight excluding hydrogens is 252 g/mol. The number of benzene rings is 1. The molecule has 1 aromatic rings. The summed E-state index contributed by atoms with van der Waals surface area (Å²) in [5.74, 6) is -0.0560. The molecule has 1 saturated heterocycles. The van der Waals surface area contributed by atoms with Crippen molar-refractivity contribution in [2.45, 2.75) is 51.2 Å². The van der Waals surface area contributed by atoms with Crippen LogP contribution < -0.4 is 0 Å². The van der Waals surface area contributed by atoms with Gasteiger partial charge in [-0.3, -0.25) is 4.79 Å². The van der Waals surface area contributed by atoms with E-state index in [0.29, 0.717) is 6.61 Å². The third-order valence-corrected chi connectivity index (χ3v) is 4.66. The second-order valence-corrected chi connectivity index (χ2v) is 5.93. The van der Waals surface area contributed by atoms with Gasteiger partial charge in [-0.1, -0.05) is 36.8 Å². The largest absolute Gasteiger partial charge is 0.460 e. The lowest BCUT2D eigenvalue weighted by molar-refractivity contribution is -0.182. The van der Waals surface area contributed by atoms with Gasteiger partial charge in [0.15, 0.2) is 0 Å². The van der Waals surface area contributed by atoms with Gasteiger partial charge in [0.1, 0.15) is 6.61 Å². The van der Waals surface area contributed by atoms with Crippen molar-refractivity contribution in [1.82, 2.24) is 0 Å². The van der Waals surface area contributed by atoms with Crippen molar-refractivity contribution in [2.24, 2.45) is 5.41 Å². The fourth-order valence-electron chi connectivity index (χ4n) is 3.26. The minimum absolute atomic E-state index is 0.0560. The second kappa shape index (κ2) is 5.96. The molecule has 2 fully saturated rings. The van der Waals surface area contributed by atoms with Gasteiger partial charge in [-0.2, -0.15) is 0 Å². The maximum Gasteiger partial charge on any atom is 0.315 e. The maximum atomic E-state index is 12.5. The topological polar surface area (TPSA) is 35.5 Å². The molecule has 0 bridgehead atoms. The molecule has 1 aliphatic heterocycles. The van der Waals surface area contributed by atoms with Gasteiger partial charge in [0.25, 0.3) is 0 Å². The number of ether oxygens (including phenoxy) is 2. The van der Waals surface area contributed by atoms with Gasteiger partial charge in [-0.25, -0.2) is 0 Å². The highest BCUT2D eigenvalue weighted by Crippen LogP contribution is 2.48. The van der Waals surface area contributed by atoms with Crippen molar-refractivity contribution < 1.29 is 14.3 Å². The Morgan fingerprint density at radius 2 is 2.00 bits per heavy atom. The van der Waals surface area contributed by atoms with E-state index in [9.17, 15) is 4.79 Å². The van der Waals surface area contributed by atoms with Crippen molar-refractivity contribution in [3.05, 3.63) is 35.9 Å². The van der Waals surface area contributed by atoms with Gasteiger partial charge in [-0.15, -0.1) is 0 Å². The number of esters is 1. The number of hydrogen-bond acceptors (Lipinski definition) is 3. The Bertz CT molecular complexity index is 445. The highest BCUT2D eigenvalue weighted by atomic mass is 16.5. The van der Waals surface area contributed by atoms with Crippen LogP contribution in [0.3, 0.4) is 0 Å². The first-order chi connectivity index (χ1) is 9.81. The summed E-state index contributed by atoms with van der Waals surface area (Å²) in [4.78, 5) is 12.5. The third-order valence-electron chi connectivity index (χ3n) is 4.66. The summed E-state index contributed by atoms with van der Waals surface area (Å²) in [6.07, 6.45) is 6.31. The average Bonchev–Trinajstić information content (AvgIpc) is 2.46. The fourth-order valence-corrected chi connectivity index (χ4v) is 3.26. The average molecular weight is 274 g/mol. The van der Waals surface area contributed by atoms with Crippen LogP contribution in [0.5, 0.6) is 0 Å². The van der Waals surface area contributed by atoms with Crippen LogP contribution in [-0.2, 0) is 20.9 Å². The summed E-state index contributed by atoms with van der Waals surface area (Å²) >= 11 is 0. The highest BCUT2D eigenvalue weighted by Gasteiger charge is 2.52. The molecule has 0 aromatic heterocycles. The first-order valence-corrected chi connectivity index (χ1v) is 7.64. The Morgan fingerprint density at radius 1 is 1.20 bits per heavy atom. The summed E-state index contributed by atoms with van der Waals surface area (Å²) in [6, 6.07) is 9.86. The lowest BCUT2D eigenvalue weighted by atomic mass is 9.63. The Labute approximate surface area is 120 Å². The molecule has 20 heavy (non-hydrogen) atoms. The molecule has 0 spiro atoms. The molecule has 0 N–H and O–H groups in total. The minimum atomic E-state index is -0.352. The Morgan fingerprint density at radius 3 is 2.60 bits per heavy atom. The zero-order chi connectivity index (χ0) is 13.8. The van der Waals surface area contributed by atoms with E-state index in [0.717, 1.165) is 44.3 Å². The van der Waals surface area contributed by atoms with Crippen LogP contribution in [0.15, 0.2) is 30.3 Å². The first kappa shape index (κ1) is 13.6. The Kier molecular flexibility index (Phi) is 4.06. The quantitative estimate of drug-likeness (QED) is 0.789. The standard InChI is InChI=1S/C17H22O3/c18-16(20-13-14-7-2-1-3-8-14)17(10-6-11-17)15-9-4-5-12-19-15/h1-3,7-8,15H,4-6,9-13H2. The van der Waals surface area contributed by atoms with E-state index < -0.39 is 0 Å². The van der Waals surface area contributed by atoms with E-state index in [1.54, 1.807) is 0 Å². The molecule has 1 aliphatic carbocycles. The monoisotopic (exact) mass is 274 g/mol. The number of hydrogen-bond donors (Lipinski definition) is 0. The predicted molar refractivity (Wildman–Crippen MR) is 76.1 cm³/mol. The predicted octanol–water partition coefficient (Wildman–Crippen LogP) is 3.47. The molecule has 2 aliphatic rings. The van der Waals surface area contributed by atoms with Crippen molar-refractivity contribution in [3.63, 3.8) is 0 Å². The van der Waals surface area contributed by atoms with Crippen molar-refractivity contribution in [3.8, 4) is 0 Å². The maximum absolute atomic E-state index is 12.5. The summed E-state index contributed by atoms with van der Waals surface area (Å²) < 4.78 is 11.4. The lowest BCUT2D eigenvalue weighted by Crippen LogP contribution is -2.50.